The van der Waals surface area contributed by atoms with E-state index in [0.29, 0.717) is 31.7 Å². The molecule has 3 rings (SSSR count). The van der Waals surface area contributed by atoms with Crippen molar-refractivity contribution < 1.29 is 9.59 Å². The minimum atomic E-state index is -0.0154. The van der Waals surface area contributed by atoms with Crippen LogP contribution in [0.25, 0.3) is 6.08 Å². The fourth-order valence-electron chi connectivity index (χ4n) is 2.77. The van der Waals surface area contributed by atoms with E-state index in [9.17, 15) is 9.59 Å². The van der Waals surface area contributed by atoms with Gasteiger partial charge in [0.1, 0.15) is 0 Å². The van der Waals surface area contributed by atoms with Crippen molar-refractivity contribution in [3.63, 3.8) is 0 Å². The van der Waals surface area contributed by atoms with Gasteiger partial charge in [-0.3, -0.25) is 9.59 Å². The standard InChI is InChI=1S/C20H19BrN2O2/c21-18-8-4-7-17(15-18)20(25)23-13-11-22(12-14-23)19(24)10-9-16-5-2-1-3-6-16/h1-10,15H,11-14H2/b10-9+. The molecule has 0 aromatic heterocycles. The van der Waals surface area contributed by atoms with Gasteiger partial charge >= 0.3 is 0 Å². The fraction of sp³-hybridized carbons (Fsp3) is 0.200. The molecule has 2 aromatic carbocycles. The van der Waals surface area contributed by atoms with E-state index in [1.165, 1.54) is 0 Å². The van der Waals surface area contributed by atoms with E-state index in [0.717, 1.165) is 10.0 Å². The molecule has 1 fully saturated rings. The van der Waals surface area contributed by atoms with E-state index in [4.69, 9.17) is 0 Å². The predicted molar refractivity (Wildman–Crippen MR) is 102 cm³/mol. The summed E-state index contributed by atoms with van der Waals surface area (Å²) in [5.41, 5.74) is 1.66. The van der Waals surface area contributed by atoms with Gasteiger partial charge in [0.15, 0.2) is 0 Å². The third kappa shape index (κ3) is 4.57. The van der Waals surface area contributed by atoms with Gasteiger partial charge in [0, 0.05) is 42.3 Å². The number of amides is 2. The zero-order valence-electron chi connectivity index (χ0n) is 13.8. The molecule has 0 bridgehead atoms. The summed E-state index contributed by atoms with van der Waals surface area (Å²) in [5.74, 6) is -0.00775. The Morgan fingerprint density at radius 1 is 0.880 bits per heavy atom. The molecule has 1 heterocycles. The van der Waals surface area contributed by atoms with Crippen LogP contribution in [0.4, 0.5) is 0 Å². The SMILES string of the molecule is O=C(/C=C/c1ccccc1)N1CCN(C(=O)c2cccc(Br)c2)CC1. The fourth-order valence-corrected chi connectivity index (χ4v) is 3.17. The highest BCUT2D eigenvalue weighted by atomic mass is 79.9. The van der Waals surface area contributed by atoms with E-state index in [-0.39, 0.29) is 11.8 Å². The zero-order chi connectivity index (χ0) is 17.6. The number of hydrogen-bond donors (Lipinski definition) is 0. The summed E-state index contributed by atoms with van der Waals surface area (Å²) in [6.45, 7) is 2.21. The van der Waals surface area contributed by atoms with Crippen molar-refractivity contribution in [1.29, 1.82) is 0 Å². The van der Waals surface area contributed by atoms with Crippen LogP contribution in [-0.4, -0.2) is 47.8 Å². The van der Waals surface area contributed by atoms with E-state index < -0.39 is 0 Å². The molecule has 0 N–H and O–H groups in total. The summed E-state index contributed by atoms with van der Waals surface area (Å²) in [7, 11) is 0. The van der Waals surface area contributed by atoms with Gasteiger partial charge in [0.05, 0.1) is 0 Å². The molecular weight excluding hydrogens is 380 g/mol. The molecule has 2 aromatic rings. The average molecular weight is 399 g/mol. The summed E-state index contributed by atoms with van der Waals surface area (Å²) >= 11 is 3.39. The smallest absolute Gasteiger partial charge is 0.254 e. The second-order valence-corrected chi connectivity index (χ2v) is 6.79. The molecule has 0 saturated carbocycles. The first-order valence-corrected chi connectivity index (χ1v) is 9.00. The lowest BCUT2D eigenvalue weighted by Gasteiger charge is -2.34. The first-order chi connectivity index (χ1) is 12.1. The Labute approximate surface area is 155 Å². The number of carbonyl (C=O) groups is 2. The predicted octanol–water partition coefficient (Wildman–Crippen LogP) is 3.45. The van der Waals surface area contributed by atoms with Crippen molar-refractivity contribution in [1.82, 2.24) is 9.80 Å². The molecule has 0 atom stereocenters. The van der Waals surface area contributed by atoms with Crippen LogP contribution < -0.4 is 0 Å². The highest BCUT2D eigenvalue weighted by molar-refractivity contribution is 9.10. The van der Waals surface area contributed by atoms with Crippen molar-refractivity contribution in [3.8, 4) is 0 Å². The number of rotatable bonds is 3. The largest absolute Gasteiger partial charge is 0.336 e. The maximum absolute atomic E-state index is 12.5. The van der Waals surface area contributed by atoms with Gasteiger partial charge in [-0.2, -0.15) is 0 Å². The number of hydrogen-bond acceptors (Lipinski definition) is 2. The molecule has 5 heteroatoms. The van der Waals surface area contributed by atoms with Gasteiger partial charge in [0.2, 0.25) is 5.91 Å². The van der Waals surface area contributed by atoms with Crippen LogP contribution in [0.2, 0.25) is 0 Å². The van der Waals surface area contributed by atoms with Crippen molar-refractivity contribution in [3.05, 3.63) is 76.3 Å². The number of halogens is 1. The first kappa shape index (κ1) is 17.4. The second kappa shape index (κ2) is 8.12. The maximum atomic E-state index is 12.5. The normalized spacial score (nSPS) is 14.8. The maximum Gasteiger partial charge on any atom is 0.254 e. The molecule has 0 radical (unpaired) electrons. The van der Waals surface area contributed by atoms with Gasteiger partial charge in [-0.15, -0.1) is 0 Å². The third-order valence-electron chi connectivity index (χ3n) is 4.17. The molecule has 0 aliphatic carbocycles. The van der Waals surface area contributed by atoms with Crippen LogP contribution in [0.1, 0.15) is 15.9 Å². The Bertz CT molecular complexity index is 781. The van der Waals surface area contributed by atoms with E-state index in [1.807, 2.05) is 60.7 Å². The monoisotopic (exact) mass is 398 g/mol. The Kier molecular flexibility index (Phi) is 5.66. The van der Waals surface area contributed by atoms with Crippen LogP contribution in [0.3, 0.4) is 0 Å². The Morgan fingerprint density at radius 3 is 2.24 bits per heavy atom. The van der Waals surface area contributed by atoms with Crippen molar-refractivity contribution >= 4 is 33.8 Å². The molecule has 25 heavy (non-hydrogen) atoms. The molecule has 0 spiro atoms. The van der Waals surface area contributed by atoms with Crippen molar-refractivity contribution in [2.75, 3.05) is 26.2 Å². The van der Waals surface area contributed by atoms with E-state index >= 15 is 0 Å². The van der Waals surface area contributed by atoms with Crippen LogP contribution >= 0.6 is 15.9 Å². The lowest BCUT2D eigenvalue weighted by atomic mass is 10.1. The molecule has 1 aliphatic heterocycles. The molecular formula is C20H19BrN2O2. The van der Waals surface area contributed by atoms with Crippen LogP contribution in [0.15, 0.2) is 65.1 Å². The molecule has 0 unspecified atom stereocenters. The first-order valence-electron chi connectivity index (χ1n) is 8.20. The average Bonchev–Trinajstić information content (AvgIpc) is 2.66. The Balaban J connectivity index is 1.55. The lowest BCUT2D eigenvalue weighted by molar-refractivity contribution is -0.127. The number of nitrogens with zero attached hydrogens (tertiary/aromatic N) is 2. The molecule has 4 nitrogen and oxygen atoms in total. The van der Waals surface area contributed by atoms with Gasteiger partial charge in [-0.1, -0.05) is 52.3 Å². The van der Waals surface area contributed by atoms with Gasteiger partial charge in [0.25, 0.3) is 5.91 Å². The quantitative estimate of drug-likeness (QED) is 0.742. The third-order valence-corrected chi connectivity index (χ3v) is 4.66. The minimum Gasteiger partial charge on any atom is -0.336 e. The molecule has 2 amide bonds. The van der Waals surface area contributed by atoms with Gasteiger partial charge in [-0.05, 0) is 29.8 Å². The summed E-state index contributed by atoms with van der Waals surface area (Å²) in [6.07, 6.45) is 3.42. The van der Waals surface area contributed by atoms with Crippen molar-refractivity contribution in [2.45, 2.75) is 0 Å². The second-order valence-electron chi connectivity index (χ2n) is 5.87. The van der Waals surface area contributed by atoms with Crippen molar-refractivity contribution in [2.24, 2.45) is 0 Å². The Hall–Kier alpha value is -2.40. The van der Waals surface area contributed by atoms with Crippen LogP contribution in [-0.2, 0) is 4.79 Å². The van der Waals surface area contributed by atoms with E-state index in [2.05, 4.69) is 15.9 Å². The van der Waals surface area contributed by atoms with Gasteiger partial charge < -0.3 is 9.80 Å². The van der Waals surface area contributed by atoms with Crippen LogP contribution in [0.5, 0.6) is 0 Å². The number of benzene rings is 2. The van der Waals surface area contributed by atoms with Crippen LogP contribution in [0, 0.1) is 0 Å². The summed E-state index contributed by atoms with van der Waals surface area (Å²) in [4.78, 5) is 28.4. The number of carbonyl (C=O) groups excluding carboxylic acids is 2. The molecule has 1 aliphatic rings. The molecule has 1 saturated heterocycles. The lowest BCUT2D eigenvalue weighted by Crippen LogP contribution is -2.50. The van der Waals surface area contributed by atoms with E-state index in [1.54, 1.807) is 15.9 Å². The summed E-state index contributed by atoms with van der Waals surface area (Å²) < 4.78 is 0.887. The van der Waals surface area contributed by atoms with Gasteiger partial charge in [-0.25, -0.2) is 0 Å². The number of piperazine rings is 1. The zero-order valence-corrected chi connectivity index (χ0v) is 15.4. The summed E-state index contributed by atoms with van der Waals surface area (Å²) in [5, 5.41) is 0. The minimum absolute atomic E-state index is 0.00762. The highest BCUT2D eigenvalue weighted by Crippen LogP contribution is 2.15. The Morgan fingerprint density at radius 2 is 1.56 bits per heavy atom. The highest BCUT2D eigenvalue weighted by Gasteiger charge is 2.23. The topological polar surface area (TPSA) is 40.6 Å². The summed E-state index contributed by atoms with van der Waals surface area (Å²) in [6, 6.07) is 17.1. The molecule has 128 valence electrons.